The molecule has 0 unspecified atom stereocenters. The van der Waals surface area contributed by atoms with Crippen molar-refractivity contribution in [3.8, 4) is 0 Å². The summed E-state index contributed by atoms with van der Waals surface area (Å²) in [6.45, 7) is 3.13. The van der Waals surface area contributed by atoms with E-state index in [9.17, 15) is 21.6 Å². The first-order chi connectivity index (χ1) is 15.9. The molecule has 0 atom stereocenters. The lowest BCUT2D eigenvalue weighted by Gasteiger charge is -2.25. The van der Waals surface area contributed by atoms with Gasteiger partial charge in [0.05, 0.1) is 16.8 Å². The zero-order valence-electron chi connectivity index (χ0n) is 18.7. The molecule has 0 spiro atoms. The molecule has 0 aliphatic carbocycles. The lowest BCUT2D eigenvalue weighted by Crippen LogP contribution is -2.38. The monoisotopic (exact) mass is 565 g/mol. The van der Waals surface area contributed by atoms with E-state index in [1.807, 2.05) is 6.07 Å². The molecule has 3 aromatic rings. The van der Waals surface area contributed by atoms with E-state index in [1.54, 1.807) is 50.2 Å². The van der Waals surface area contributed by atoms with Crippen molar-refractivity contribution in [2.24, 2.45) is 0 Å². The van der Waals surface area contributed by atoms with Crippen molar-refractivity contribution >= 4 is 58.9 Å². The molecule has 3 aromatic carbocycles. The van der Waals surface area contributed by atoms with Crippen LogP contribution in [0.5, 0.6) is 0 Å². The van der Waals surface area contributed by atoms with Gasteiger partial charge in [0.15, 0.2) is 0 Å². The van der Waals surface area contributed by atoms with Crippen molar-refractivity contribution in [2.75, 3.05) is 27.1 Å². The summed E-state index contributed by atoms with van der Waals surface area (Å²) in [6, 6.07) is 17.7. The average Bonchev–Trinajstić information content (AvgIpc) is 2.74. The van der Waals surface area contributed by atoms with Gasteiger partial charge < -0.3 is 5.32 Å². The number of benzene rings is 3. The topological polar surface area (TPSA) is 113 Å². The van der Waals surface area contributed by atoms with Crippen molar-refractivity contribution in [3.63, 3.8) is 0 Å². The van der Waals surface area contributed by atoms with Crippen LogP contribution in [0.4, 0.5) is 17.1 Å². The SMILES string of the molecule is Cc1cccc(C)c1N(CC(=O)Nc1ccc(S(=O)(=O)Nc2ccc(Br)cc2)cc1)S(C)(=O)=O. The fourth-order valence-corrected chi connectivity index (χ4v) is 5.64. The molecule has 34 heavy (non-hydrogen) atoms. The number of carbonyl (C=O) groups excluding carboxylic acids is 1. The van der Waals surface area contributed by atoms with Crippen LogP contribution in [0, 0.1) is 13.8 Å². The minimum absolute atomic E-state index is 0.0155. The average molecular weight is 566 g/mol. The zero-order valence-corrected chi connectivity index (χ0v) is 22.0. The van der Waals surface area contributed by atoms with Crippen LogP contribution in [0.15, 0.2) is 76.1 Å². The maximum absolute atomic E-state index is 12.7. The van der Waals surface area contributed by atoms with Gasteiger partial charge in [-0.1, -0.05) is 34.1 Å². The van der Waals surface area contributed by atoms with Crippen LogP contribution < -0.4 is 14.3 Å². The number of nitrogens with one attached hydrogen (secondary N) is 2. The number of nitrogens with zero attached hydrogens (tertiary/aromatic N) is 1. The first kappa shape index (κ1) is 25.7. The molecule has 180 valence electrons. The Kier molecular flexibility index (Phi) is 7.69. The lowest BCUT2D eigenvalue weighted by atomic mass is 10.1. The zero-order chi connectivity index (χ0) is 25.1. The highest BCUT2D eigenvalue weighted by Crippen LogP contribution is 2.27. The summed E-state index contributed by atoms with van der Waals surface area (Å²) in [5, 5.41) is 2.62. The van der Waals surface area contributed by atoms with Gasteiger partial charge in [0.1, 0.15) is 6.54 Å². The van der Waals surface area contributed by atoms with Gasteiger partial charge in [-0.2, -0.15) is 0 Å². The quantitative estimate of drug-likeness (QED) is 0.423. The van der Waals surface area contributed by atoms with E-state index >= 15 is 0 Å². The fourth-order valence-electron chi connectivity index (χ4n) is 3.34. The van der Waals surface area contributed by atoms with Gasteiger partial charge in [-0.15, -0.1) is 0 Å². The second-order valence-corrected chi connectivity index (χ2v) is 12.2. The van der Waals surface area contributed by atoms with Gasteiger partial charge in [0, 0.05) is 15.8 Å². The smallest absolute Gasteiger partial charge is 0.261 e. The van der Waals surface area contributed by atoms with E-state index < -0.39 is 32.5 Å². The number of anilines is 3. The number of carbonyl (C=O) groups is 1. The minimum Gasteiger partial charge on any atom is -0.325 e. The van der Waals surface area contributed by atoms with Crippen molar-refractivity contribution in [3.05, 3.63) is 82.3 Å². The molecule has 2 N–H and O–H groups in total. The third-order valence-corrected chi connectivity index (χ3v) is 7.96. The number of rotatable bonds is 8. The second kappa shape index (κ2) is 10.2. The van der Waals surface area contributed by atoms with Gasteiger partial charge in [-0.05, 0) is 73.5 Å². The highest BCUT2D eigenvalue weighted by atomic mass is 79.9. The number of halogens is 1. The molecular weight excluding hydrogens is 542 g/mol. The molecule has 1 amide bonds. The highest BCUT2D eigenvalue weighted by Gasteiger charge is 2.24. The first-order valence-electron chi connectivity index (χ1n) is 10.1. The Morgan fingerprint density at radius 3 is 1.91 bits per heavy atom. The van der Waals surface area contributed by atoms with Crippen LogP contribution in [-0.4, -0.2) is 35.5 Å². The van der Waals surface area contributed by atoms with Crippen LogP contribution in [-0.2, 0) is 24.8 Å². The molecule has 8 nitrogen and oxygen atoms in total. The predicted molar refractivity (Wildman–Crippen MR) is 138 cm³/mol. The Hall–Kier alpha value is -2.89. The lowest BCUT2D eigenvalue weighted by molar-refractivity contribution is -0.114. The van der Waals surface area contributed by atoms with Crippen molar-refractivity contribution in [2.45, 2.75) is 18.7 Å². The molecule has 0 aliphatic heterocycles. The van der Waals surface area contributed by atoms with Crippen LogP contribution in [0.2, 0.25) is 0 Å². The fraction of sp³-hybridized carbons (Fsp3) is 0.174. The van der Waals surface area contributed by atoms with E-state index in [-0.39, 0.29) is 4.90 Å². The van der Waals surface area contributed by atoms with Crippen LogP contribution >= 0.6 is 15.9 Å². The van der Waals surface area contributed by atoms with E-state index in [2.05, 4.69) is 26.0 Å². The maximum atomic E-state index is 12.7. The standard InChI is InChI=1S/C23H24BrN3O5S2/c1-16-5-4-6-17(2)23(16)27(33(3,29)30)15-22(28)25-19-11-13-21(14-12-19)34(31,32)26-20-9-7-18(24)8-10-20/h4-14,26H,15H2,1-3H3,(H,25,28). The molecule has 0 aromatic heterocycles. The van der Waals surface area contributed by atoms with E-state index in [1.165, 1.54) is 24.3 Å². The van der Waals surface area contributed by atoms with E-state index in [0.29, 0.717) is 17.1 Å². The van der Waals surface area contributed by atoms with Gasteiger partial charge >= 0.3 is 0 Å². The summed E-state index contributed by atoms with van der Waals surface area (Å²) in [6.07, 6.45) is 1.05. The number of amides is 1. The summed E-state index contributed by atoms with van der Waals surface area (Å²) < 4.78 is 54.4. The summed E-state index contributed by atoms with van der Waals surface area (Å²) in [7, 11) is -7.55. The van der Waals surface area contributed by atoms with Gasteiger partial charge in [0.2, 0.25) is 15.9 Å². The first-order valence-corrected chi connectivity index (χ1v) is 14.2. The predicted octanol–water partition coefficient (Wildman–Crippen LogP) is 4.27. The van der Waals surface area contributed by atoms with Crippen LogP contribution in [0.25, 0.3) is 0 Å². The van der Waals surface area contributed by atoms with Crippen molar-refractivity contribution in [1.29, 1.82) is 0 Å². The van der Waals surface area contributed by atoms with E-state index in [4.69, 9.17) is 0 Å². The number of para-hydroxylation sites is 1. The molecule has 0 saturated heterocycles. The Morgan fingerprint density at radius 1 is 0.853 bits per heavy atom. The Balaban J connectivity index is 1.74. The Bertz CT molecular complexity index is 1390. The number of aryl methyl sites for hydroxylation is 2. The number of hydrogen-bond donors (Lipinski definition) is 2. The summed E-state index contributed by atoms with van der Waals surface area (Å²) in [4.78, 5) is 12.7. The van der Waals surface area contributed by atoms with Gasteiger partial charge in [0.25, 0.3) is 10.0 Å². The maximum Gasteiger partial charge on any atom is 0.261 e. The molecule has 3 rings (SSSR count). The Morgan fingerprint density at radius 2 is 1.38 bits per heavy atom. The summed E-state index contributed by atoms with van der Waals surface area (Å²) >= 11 is 3.30. The molecule has 11 heteroatoms. The number of sulfonamides is 2. The summed E-state index contributed by atoms with van der Waals surface area (Å²) in [5.41, 5.74) is 2.66. The molecule has 0 fully saturated rings. The van der Waals surface area contributed by atoms with E-state index in [0.717, 1.165) is 26.2 Å². The van der Waals surface area contributed by atoms with Gasteiger partial charge in [-0.25, -0.2) is 16.8 Å². The molecule has 0 radical (unpaired) electrons. The largest absolute Gasteiger partial charge is 0.325 e. The molecule has 0 bridgehead atoms. The minimum atomic E-state index is -3.82. The molecule has 0 heterocycles. The van der Waals surface area contributed by atoms with Gasteiger partial charge in [-0.3, -0.25) is 13.8 Å². The highest BCUT2D eigenvalue weighted by molar-refractivity contribution is 9.10. The van der Waals surface area contributed by atoms with Crippen LogP contribution in [0.3, 0.4) is 0 Å². The normalized spacial score (nSPS) is 11.6. The third-order valence-electron chi connectivity index (χ3n) is 4.92. The second-order valence-electron chi connectivity index (χ2n) is 7.69. The Labute approximate surface area is 208 Å². The van der Waals surface area contributed by atoms with Crippen molar-refractivity contribution in [1.82, 2.24) is 0 Å². The molecular formula is C23H24BrN3O5S2. The molecule has 0 aliphatic rings. The molecule has 0 saturated carbocycles. The third kappa shape index (κ3) is 6.37. The van der Waals surface area contributed by atoms with Crippen molar-refractivity contribution < 1.29 is 21.6 Å². The summed E-state index contributed by atoms with van der Waals surface area (Å²) in [5.74, 6) is -0.559. The number of hydrogen-bond acceptors (Lipinski definition) is 5. The van der Waals surface area contributed by atoms with Crippen LogP contribution in [0.1, 0.15) is 11.1 Å².